The van der Waals surface area contributed by atoms with Gasteiger partial charge in [-0.1, -0.05) is 9.64 Å². The first kappa shape index (κ1) is 22.5. The number of nitrogens with zero attached hydrogens (tertiary/aromatic N) is 5. The first-order chi connectivity index (χ1) is 15.3. The van der Waals surface area contributed by atoms with Crippen molar-refractivity contribution in [1.82, 2.24) is 24.8 Å². The molecule has 168 valence electrons. The van der Waals surface area contributed by atoms with Gasteiger partial charge in [-0.2, -0.15) is 0 Å². The number of oxime groups is 1. The van der Waals surface area contributed by atoms with Gasteiger partial charge in [-0.05, 0) is 18.5 Å². The van der Waals surface area contributed by atoms with Gasteiger partial charge >= 0.3 is 5.97 Å². The van der Waals surface area contributed by atoms with Gasteiger partial charge in [0.1, 0.15) is 22.8 Å². The van der Waals surface area contributed by atoms with Gasteiger partial charge in [0.2, 0.25) is 0 Å². The standard InChI is InChI=1S/C16H15N7O5S4/c1-5-7(32-22-20-5)3-29-8-4-30-14-10(13(25)23(14)11(8)15(26)27)19-12(24)9(21-28)6-2-31-16(17)18-6/h2,10,14,28H,3-4H2,1H3,(H2,17,18)(H,19,24)(H,26,27)/b21-9-/t10-,14+/m1/s1. The highest BCUT2D eigenvalue weighted by Gasteiger charge is 2.54. The number of nitrogens with one attached hydrogen (secondary N) is 1. The molecule has 4 heterocycles. The zero-order chi connectivity index (χ0) is 23.0. The molecule has 5 N–H and O–H groups in total. The lowest BCUT2D eigenvalue weighted by atomic mass is 10.0. The van der Waals surface area contributed by atoms with Crippen molar-refractivity contribution >= 4 is 75.0 Å². The summed E-state index contributed by atoms with van der Waals surface area (Å²) in [5.41, 5.74) is 5.93. The van der Waals surface area contributed by atoms with Crippen molar-refractivity contribution in [1.29, 1.82) is 0 Å². The molecule has 2 aliphatic heterocycles. The van der Waals surface area contributed by atoms with Crippen molar-refractivity contribution in [3.8, 4) is 0 Å². The van der Waals surface area contributed by atoms with Gasteiger partial charge in [0.05, 0.1) is 10.6 Å². The highest BCUT2D eigenvalue weighted by Crippen LogP contribution is 2.44. The highest BCUT2D eigenvalue weighted by molar-refractivity contribution is 8.05. The molecule has 0 saturated carbocycles. The van der Waals surface area contributed by atoms with Gasteiger partial charge in [0.15, 0.2) is 10.8 Å². The molecule has 1 saturated heterocycles. The molecule has 0 unspecified atom stereocenters. The van der Waals surface area contributed by atoms with Gasteiger partial charge in [0, 0.05) is 21.8 Å². The average Bonchev–Trinajstić information content (AvgIpc) is 3.37. The second kappa shape index (κ2) is 9.05. The number of carbonyl (C=O) groups is 3. The summed E-state index contributed by atoms with van der Waals surface area (Å²) >= 11 is 4.98. The first-order valence-electron chi connectivity index (χ1n) is 8.87. The average molecular weight is 514 g/mol. The minimum absolute atomic E-state index is 0.0742. The van der Waals surface area contributed by atoms with E-state index in [1.54, 1.807) is 0 Å². The SMILES string of the molecule is Cc1nnsc1CSC1=C(C(=O)O)N2C(=O)[C@@H](NC(=O)/C(=N\O)c3csc(N)n3)[C@@H]2SC1. The molecule has 16 heteroatoms. The van der Waals surface area contributed by atoms with E-state index < -0.39 is 29.2 Å². The molecule has 12 nitrogen and oxygen atoms in total. The van der Waals surface area contributed by atoms with Crippen molar-refractivity contribution in [3.63, 3.8) is 0 Å². The zero-order valence-electron chi connectivity index (χ0n) is 16.2. The second-order valence-electron chi connectivity index (χ2n) is 6.53. The minimum atomic E-state index is -1.22. The molecular weight excluding hydrogens is 498 g/mol. The molecule has 0 aliphatic carbocycles. The smallest absolute Gasteiger partial charge is 0.353 e. The lowest BCUT2D eigenvalue weighted by Crippen LogP contribution is -2.71. The third-order valence-electron chi connectivity index (χ3n) is 4.63. The lowest BCUT2D eigenvalue weighted by molar-refractivity contribution is -0.150. The predicted molar refractivity (Wildman–Crippen MR) is 120 cm³/mol. The van der Waals surface area contributed by atoms with Gasteiger partial charge in [0.25, 0.3) is 11.8 Å². The van der Waals surface area contributed by atoms with Crippen LogP contribution in [-0.4, -0.2) is 70.4 Å². The summed E-state index contributed by atoms with van der Waals surface area (Å²) in [7, 11) is 0. The maximum atomic E-state index is 12.8. The third-order valence-corrected chi connectivity index (χ3v) is 8.89. The van der Waals surface area contributed by atoms with Crippen molar-refractivity contribution in [2.45, 2.75) is 24.1 Å². The molecule has 2 aliphatic rings. The van der Waals surface area contributed by atoms with Crippen LogP contribution in [0.3, 0.4) is 0 Å². The number of nitrogens with two attached hydrogens (primary N) is 1. The lowest BCUT2D eigenvalue weighted by Gasteiger charge is -2.49. The van der Waals surface area contributed by atoms with Crippen LogP contribution in [-0.2, 0) is 20.1 Å². The summed E-state index contributed by atoms with van der Waals surface area (Å²) in [6, 6.07) is -0.964. The number of thioether (sulfide) groups is 2. The normalized spacial score (nSPS) is 20.7. The van der Waals surface area contributed by atoms with Crippen molar-refractivity contribution in [2.24, 2.45) is 5.16 Å². The summed E-state index contributed by atoms with van der Waals surface area (Å²) in [6.07, 6.45) is 0. The van der Waals surface area contributed by atoms with Crippen LogP contribution in [0.15, 0.2) is 21.1 Å². The van der Waals surface area contributed by atoms with Gasteiger partial charge in [-0.3, -0.25) is 14.5 Å². The number of hydrogen-bond acceptors (Lipinski definition) is 13. The van der Waals surface area contributed by atoms with Crippen molar-refractivity contribution in [3.05, 3.63) is 32.2 Å². The summed E-state index contributed by atoms with van der Waals surface area (Å²) in [6.45, 7) is 1.83. The molecule has 0 aromatic carbocycles. The number of aromatic nitrogens is 3. The Morgan fingerprint density at radius 1 is 1.47 bits per heavy atom. The molecule has 32 heavy (non-hydrogen) atoms. The minimum Gasteiger partial charge on any atom is -0.477 e. The Bertz CT molecular complexity index is 1160. The fraction of sp³-hybridized carbons (Fsp3) is 0.312. The fourth-order valence-electron chi connectivity index (χ4n) is 3.06. The molecule has 0 radical (unpaired) electrons. The van der Waals surface area contributed by atoms with Crippen molar-refractivity contribution in [2.75, 3.05) is 11.5 Å². The van der Waals surface area contributed by atoms with Crippen molar-refractivity contribution < 1.29 is 24.7 Å². The number of carbonyl (C=O) groups excluding carboxylic acids is 2. The van der Waals surface area contributed by atoms with E-state index in [1.807, 2.05) is 6.92 Å². The molecule has 0 spiro atoms. The number of β-lactam (4-membered cyclic amide) rings is 1. The maximum absolute atomic E-state index is 12.8. The number of carboxylic acids is 1. The molecule has 4 rings (SSSR count). The van der Waals surface area contributed by atoms with Crippen LogP contribution in [0.2, 0.25) is 0 Å². The Balaban J connectivity index is 1.48. The molecule has 2 atom stereocenters. The van der Waals surface area contributed by atoms with Crippen LogP contribution in [0.5, 0.6) is 0 Å². The largest absolute Gasteiger partial charge is 0.477 e. The van der Waals surface area contributed by atoms with Crippen LogP contribution in [0.25, 0.3) is 0 Å². The number of anilines is 1. The van der Waals surface area contributed by atoms with E-state index in [2.05, 4.69) is 25.0 Å². The number of hydrogen-bond donors (Lipinski definition) is 4. The van der Waals surface area contributed by atoms with Crippen LogP contribution in [0, 0.1) is 6.92 Å². The van der Waals surface area contributed by atoms with E-state index >= 15 is 0 Å². The van der Waals surface area contributed by atoms with Crippen LogP contribution in [0.4, 0.5) is 5.13 Å². The summed E-state index contributed by atoms with van der Waals surface area (Å²) < 4.78 is 3.87. The van der Waals surface area contributed by atoms with E-state index in [1.165, 1.54) is 45.3 Å². The molecule has 1 fully saturated rings. The fourth-order valence-corrected chi connectivity index (χ4v) is 6.99. The molecule has 0 bridgehead atoms. The number of nitrogen functional groups attached to an aromatic ring is 1. The third kappa shape index (κ3) is 4.05. The highest BCUT2D eigenvalue weighted by atomic mass is 32.2. The van der Waals surface area contributed by atoms with Crippen LogP contribution < -0.4 is 11.1 Å². The zero-order valence-corrected chi connectivity index (χ0v) is 19.5. The summed E-state index contributed by atoms with van der Waals surface area (Å²) in [5.74, 6) is -1.73. The quantitative estimate of drug-likeness (QED) is 0.177. The number of amides is 2. The van der Waals surface area contributed by atoms with E-state index in [-0.39, 0.29) is 22.2 Å². The van der Waals surface area contributed by atoms with E-state index in [0.29, 0.717) is 16.4 Å². The number of fused-ring (bicyclic) bond motifs is 1. The Labute approximate surface area is 197 Å². The first-order valence-corrected chi connectivity index (χ1v) is 12.6. The van der Waals surface area contributed by atoms with E-state index in [9.17, 15) is 24.7 Å². The van der Waals surface area contributed by atoms with Crippen LogP contribution in [0.1, 0.15) is 16.3 Å². The monoisotopic (exact) mass is 513 g/mol. The number of rotatable bonds is 7. The number of carboxylic acid groups (broad SMARTS) is 1. The topological polar surface area (TPSA) is 184 Å². The van der Waals surface area contributed by atoms with Crippen LogP contribution >= 0.6 is 46.4 Å². The Morgan fingerprint density at radius 3 is 2.84 bits per heavy atom. The second-order valence-corrected chi connectivity index (χ2v) is 10.4. The molecule has 2 amide bonds. The van der Waals surface area contributed by atoms with E-state index in [4.69, 9.17) is 5.73 Å². The Morgan fingerprint density at radius 2 is 2.25 bits per heavy atom. The van der Waals surface area contributed by atoms with E-state index in [0.717, 1.165) is 21.9 Å². The number of aryl methyl sites for hydroxylation is 1. The Kier molecular flexibility index (Phi) is 6.36. The Hall–Kier alpha value is -2.69. The molecular formula is C16H15N7O5S4. The summed E-state index contributed by atoms with van der Waals surface area (Å²) in [4.78, 5) is 43.8. The van der Waals surface area contributed by atoms with Gasteiger partial charge in [-0.25, -0.2) is 9.78 Å². The molecule has 2 aromatic rings. The van der Waals surface area contributed by atoms with Gasteiger partial charge < -0.3 is 21.4 Å². The number of thiazole rings is 1. The number of aliphatic carboxylic acids is 1. The molecule has 2 aromatic heterocycles. The maximum Gasteiger partial charge on any atom is 0.353 e. The summed E-state index contributed by atoms with van der Waals surface area (Å²) in [5, 5.41) is 29.4. The van der Waals surface area contributed by atoms with Gasteiger partial charge in [-0.15, -0.1) is 40.0 Å². The predicted octanol–water partition coefficient (Wildman–Crippen LogP) is 0.693.